The highest BCUT2D eigenvalue weighted by Crippen LogP contribution is 2.30. The average Bonchev–Trinajstić information content (AvgIpc) is 3.12. The van der Waals surface area contributed by atoms with Gasteiger partial charge in [-0.15, -0.1) is 6.58 Å². The average molecular weight is 646 g/mol. The van der Waals surface area contributed by atoms with Crippen LogP contribution in [-0.2, 0) is 4.79 Å². The lowest BCUT2D eigenvalue weighted by molar-refractivity contribution is -0.128. The van der Waals surface area contributed by atoms with Crippen molar-refractivity contribution in [1.82, 2.24) is 14.8 Å². The summed E-state index contributed by atoms with van der Waals surface area (Å²) in [7, 11) is 0. The molecule has 3 heterocycles. The first-order valence-electron chi connectivity index (χ1n) is 18.4. The maximum absolute atomic E-state index is 12.5. The topological polar surface area (TPSA) is 36.4 Å². The number of aromatic nitrogens is 1. The van der Waals surface area contributed by atoms with Gasteiger partial charge in [0, 0.05) is 36.1 Å². The van der Waals surface area contributed by atoms with Gasteiger partial charge in [-0.2, -0.15) is 0 Å². The van der Waals surface area contributed by atoms with Gasteiger partial charge in [-0.25, -0.2) is 0 Å². The van der Waals surface area contributed by atoms with Crippen molar-refractivity contribution in [3.05, 3.63) is 126 Å². The number of pyridine rings is 1. The Hall–Kier alpha value is -3.76. The number of hydrogen-bond acceptors (Lipinski definition) is 3. The Morgan fingerprint density at radius 2 is 1.71 bits per heavy atom. The molecule has 0 bridgehead atoms. The highest BCUT2D eigenvalue weighted by Gasteiger charge is 2.25. The second kappa shape index (κ2) is 19.3. The summed E-state index contributed by atoms with van der Waals surface area (Å²) in [6, 6.07) is 19.8. The molecule has 2 aliphatic rings. The van der Waals surface area contributed by atoms with E-state index >= 15 is 0 Å². The highest BCUT2D eigenvalue weighted by molar-refractivity contribution is 6.18. The molecular weight excluding hydrogens is 587 g/mol. The number of hydrogen-bond donors (Lipinski definition) is 0. The summed E-state index contributed by atoms with van der Waals surface area (Å²) in [5, 5.41) is 0. The lowest BCUT2D eigenvalue weighted by atomic mass is 9.88. The monoisotopic (exact) mass is 645 g/mol. The summed E-state index contributed by atoms with van der Waals surface area (Å²) >= 11 is 0. The molecule has 1 unspecified atom stereocenters. The number of unbranched alkanes of at least 4 members (excludes halogenated alkanes) is 1. The molecule has 3 aromatic rings. The van der Waals surface area contributed by atoms with E-state index in [1.807, 2.05) is 29.4 Å². The first-order chi connectivity index (χ1) is 23.3. The molecule has 0 spiro atoms. The van der Waals surface area contributed by atoms with Crippen LogP contribution in [-0.4, -0.2) is 52.9 Å². The van der Waals surface area contributed by atoms with Crippen LogP contribution in [0.4, 0.5) is 0 Å². The summed E-state index contributed by atoms with van der Waals surface area (Å²) in [5.74, 6) is 0.631. The minimum atomic E-state index is 0.0930. The van der Waals surface area contributed by atoms with E-state index in [2.05, 4.69) is 105 Å². The Bertz CT molecular complexity index is 1500. The van der Waals surface area contributed by atoms with Gasteiger partial charge in [-0.05, 0) is 137 Å². The predicted molar refractivity (Wildman–Crippen MR) is 205 cm³/mol. The third-order valence-electron chi connectivity index (χ3n) is 10.1. The Labute approximate surface area is 291 Å². The second-order valence-corrected chi connectivity index (χ2v) is 13.8. The molecule has 2 atom stereocenters. The summed E-state index contributed by atoms with van der Waals surface area (Å²) < 4.78 is 0. The third-order valence-corrected chi connectivity index (χ3v) is 10.1. The molecule has 256 valence electrons. The number of aryl methyl sites for hydroxylation is 2. The van der Waals surface area contributed by atoms with E-state index in [1.165, 1.54) is 85.1 Å². The van der Waals surface area contributed by atoms with Gasteiger partial charge in [-0.1, -0.05) is 87.0 Å². The third kappa shape index (κ3) is 10.6. The number of nitrogens with zero attached hydrogens (tertiary/aromatic N) is 3. The molecule has 0 radical (unpaired) electrons. The number of amides is 1. The molecule has 2 fully saturated rings. The van der Waals surface area contributed by atoms with E-state index in [0.717, 1.165) is 44.2 Å². The minimum Gasteiger partial charge on any atom is -0.336 e. The minimum absolute atomic E-state index is 0.0930. The zero-order valence-corrected chi connectivity index (χ0v) is 30.2. The van der Waals surface area contributed by atoms with Crippen LogP contribution in [0.3, 0.4) is 0 Å². The van der Waals surface area contributed by atoms with Crippen LogP contribution in [0.15, 0.2) is 92.3 Å². The summed E-state index contributed by atoms with van der Waals surface area (Å²) in [4.78, 5) is 21.5. The van der Waals surface area contributed by atoms with Crippen molar-refractivity contribution in [1.29, 1.82) is 0 Å². The Kier molecular flexibility index (Phi) is 14.9. The van der Waals surface area contributed by atoms with Crippen LogP contribution >= 0.6 is 0 Å². The maximum atomic E-state index is 12.5. The number of rotatable bonds is 12. The molecule has 2 aliphatic heterocycles. The number of likely N-dealkylation sites (tertiary alicyclic amines) is 2. The lowest BCUT2D eigenvalue weighted by Gasteiger charge is -2.34. The number of carbonyl (C=O) groups excluding carboxylic acids is 1. The largest absolute Gasteiger partial charge is 0.336 e. The van der Waals surface area contributed by atoms with Crippen LogP contribution in [0.2, 0.25) is 0 Å². The van der Waals surface area contributed by atoms with E-state index in [4.69, 9.17) is 0 Å². The summed E-state index contributed by atoms with van der Waals surface area (Å²) in [6.07, 6.45) is 20.3. The second-order valence-electron chi connectivity index (χ2n) is 13.8. The molecule has 2 saturated heterocycles. The molecule has 1 aromatic heterocycles. The molecule has 0 N–H and O–H groups in total. The van der Waals surface area contributed by atoms with E-state index in [1.54, 1.807) is 0 Å². The van der Waals surface area contributed by atoms with Crippen LogP contribution < -0.4 is 0 Å². The quantitative estimate of drug-likeness (QED) is 0.145. The summed E-state index contributed by atoms with van der Waals surface area (Å²) in [5.41, 5.74) is 9.26. The molecule has 1 amide bonds. The van der Waals surface area contributed by atoms with E-state index in [9.17, 15) is 4.79 Å². The fourth-order valence-corrected chi connectivity index (χ4v) is 6.94. The van der Waals surface area contributed by atoms with Gasteiger partial charge in [0.2, 0.25) is 0 Å². The zero-order chi connectivity index (χ0) is 34.3. The molecule has 48 heavy (non-hydrogen) atoms. The first-order valence-corrected chi connectivity index (χ1v) is 18.4. The molecule has 4 nitrogen and oxygen atoms in total. The van der Waals surface area contributed by atoms with Gasteiger partial charge in [0.25, 0.3) is 5.91 Å². The Morgan fingerprint density at radius 3 is 2.40 bits per heavy atom. The van der Waals surface area contributed by atoms with Gasteiger partial charge in [0.1, 0.15) is 0 Å². The van der Waals surface area contributed by atoms with Crippen LogP contribution in [0.5, 0.6) is 0 Å². The molecule has 0 aliphatic carbocycles. The van der Waals surface area contributed by atoms with Crippen LogP contribution in [0.25, 0.3) is 11.1 Å². The van der Waals surface area contributed by atoms with E-state index in [0.29, 0.717) is 17.5 Å². The maximum Gasteiger partial charge on any atom is 0.254 e. The van der Waals surface area contributed by atoms with Crippen LogP contribution in [0, 0.1) is 13.8 Å². The van der Waals surface area contributed by atoms with Crippen molar-refractivity contribution in [2.45, 2.75) is 104 Å². The SMILES string of the molecule is C=C(C(=O)N1CCCC[C@H]1C)c1ccc(C)c(C)c1.C=CCC(CCN1CCCCC1)c1cccc(/C(=C\CCC)c2cccnc2)c1. The standard InChI is InChI=1S/C27H36N2.C17H23NO/c1-3-5-15-27(26-14-10-17-28-22-26)25-13-9-12-24(21-25)23(11-4-2)16-20-29-18-7-6-8-19-29;1-12-8-9-16(11-13(12)2)15(4)17(19)18-10-6-5-7-14(18)3/h4,9-10,12-15,17,21-23H,2-3,5-8,11,16,18-20H2,1H3;8-9,11,14H,4-7,10H2,1-3H3/b27-15+;/t;14-/m.1/s1. The molecule has 5 rings (SSSR count). The molecular formula is C44H59N3O. The van der Waals surface area contributed by atoms with E-state index in [-0.39, 0.29) is 5.91 Å². The highest BCUT2D eigenvalue weighted by atomic mass is 16.2. The van der Waals surface area contributed by atoms with Crippen molar-refractivity contribution < 1.29 is 4.79 Å². The van der Waals surface area contributed by atoms with Gasteiger partial charge >= 0.3 is 0 Å². The van der Waals surface area contributed by atoms with Crippen molar-refractivity contribution >= 4 is 17.1 Å². The van der Waals surface area contributed by atoms with Gasteiger partial charge in [-0.3, -0.25) is 9.78 Å². The zero-order valence-electron chi connectivity index (χ0n) is 30.2. The van der Waals surface area contributed by atoms with Crippen molar-refractivity contribution in [2.24, 2.45) is 0 Å². The smallest absolute Gasteiger partial charge is 0.254 e. The predicted octanol–water partition coefficient (Wildman–Crippen LogP) is 10.6. The van der Waals surface area contributed by atoms with Gasteiger partial charge in [0.15, 0.2) is 0 Å². The van der Waals surface area contributed by atoms with Crippen molar-refractivity contribution in [2.75, 3.05) is 26.2 Å². The normalized spacial score (nSPS) is 17.6. The van der Waals surface area contributed by atoms with Crippen molar-refractivity contribution in [3.8, 4) is 0 Å². The molecule has 2 aromatic carbocycles. The fourth-order valence-electron chi connectivity index (χ4n) is 6.94. The van der Waals surface area contributed by atoms with Gasteiger partial charge in [0.05, 0.1) is 0 Å². The lowest BCUT2D eigenvalue weighted by Crippen LogP contribution is -2.42. The Balaban J connectivity index is 0.000000237. The molecule has 0 saturated carbocycles. The first kappa shape index (κ1) is 37.1. The van der Waals surface area contributed by atoms with Crippen molar-refractivity contribution in [3.63, 3.8) is 0 Å². The summed E-state index contributed by atoms with van der Waals surface area (Å²) in [6.45, 7) is 21.2. The Morgan fingerprint density at radius 1 is 0.938 bits per heavy atom. The molecule has 4 heteroatoms. The number of piperidine rings is 2. The van der Waals surface area contributed by atoms with E-state index < -0.39 is 0 Å². The fraction of sp³-hybridized carbons (Fsp3) is 0.455. The number of benzene rings is 2. The van der Waals surface area contributed by atoms with Gasteiger partial charge < -0.3 is 9.80 Å². The number of allylic oxidation sites excluding steroid dienone is 2. The van der Waals surface area contributed by atoms with Crippen LogP contribution in [0.1, 0.15) is 117 Å². The number of carbonyl (C=O) groups is 1.